The largest absolute Gasteiger partial charge is 0.497 e. The van der Waals surface area contributed by atoms with Crippen LogP contribution in [0.15, 0.2) is 18.2 Å². The molecule has 0 saturated carbocycles. The first kappa shape index (κ1) is 19.4. The SMILES string of the molecule is COc1ccc2c(c1)NC(=O)[C@]21C[C@H]2C(=O)N3CCC[C@H]3C(=O)N2[C@H]1CC(C)(C)O. The van der Waals surface area contributed by atoms with E-state index >= 15 is 0 Å². The van der Waals surface area contributed by atoms with Crippen molar-refractivity contribution in [3.63, 3.8) is 0 Å². The molecule has 4 aliphatic heterocycles. The van der Waals surface area contributed by atoms with Gasteiger partial charge >= 0.3 is 0 Å². The number of aliphatic hydroxyl groups is 1. The van der Waals surface area contributed by atoms with Crippen molar-refractivity contribution in [2.45, 2.75) is 68.7 Å². The number of nitrogens with zero attached hydrogens (tertiary/aromatic N) is 2. The van der Waals surface area contributed by atoms with Gasteiger partial charge < -0.3 is 25.0 Å². The van der Waals surface area contributed by atoms with E-state index in [1.807, 2.05) is 6.07 Å². The Morgan fingerprint density at radius 3 is 2.70 bits per heavy atom. The van der Waals surface area contributed by atoms with Gasteiger partial charge in [0, 0.05) is 18.3 Å². The average molecular weight is 413 g/mol. The van der Waals surface area contributed by atoms with E-state index in [0.717, 1.165) is 12.0 Å². The Morgan fingerprint density at radius 1 is 1.23 bits per heavy atom. The molecular formula is C22H27N3O5. The summed E-state index contributed by atoms with van der Waals surface area (Å²) in [5, 5.41) is 13.6. The second-order valence-electron chi connectivity index (χ2n) is 9.52. The van der Waals surface area contributed by atoms with Gasteiger partial charge in [-0.3, -0.25) is 14.4 Å². The molecule has 1 aromatic rings. The van der Waals surface area contributed by atoms with Crippen molar-refractivity contribution < 1.29 is 24.2 Å². The Bertz CT molecular complexity index is 955. The number of methoxy groups -OCH3 is 1. The normalized spacial score (nSPS) is 32.4. The van der Waals surface area contributed by atoms with E-state index in [0.29, 0.717) is 24.4 Å². The van der Waals surface area contributed by atoms with Crippen LogP contribution in [0.2, 0.25) is 0 Å². The minimum Gasteiger partial charge on any atom is -0.497 e. The van der Waals surface area contributed by atoms with E-state index in [4.69, 9.17) is 4.74 Å². The molecule has 0 radical (unpaired) electrons. The zero-order valence-electron chi connectivity index (χ0n) is 17.5. The Balaban J connectivity index is 1.67. The van der Waals surface area contributed by atoms with Crippen LogP contribution in [0.5, 0.6) is 5.75 Å². The van der Waals surface area contributed by atoms with E-state index in [2.05, 4.69) is 5.32 Å². The molecule has 3 fully saturated rings. The number of hydrogen-bond acceptors (Lipinski definition) is 5. The molecule has 30 heavy (non-hydrogen) atoms. The number of nitrogens with one attached hydrogen (secondary N) is 1. The number of carbonyl (C=O) groups is 3. The third-order valence-corrected chi connectivity index (χ3v) is 7.17. The summed E-state index contributed by atoms with van der Waals surface area (Å²) in [5.74, 6) is 0.214. The van der Waals surface area contributed by atoms with Crippen LogP contribution in [0, 0.1) is 0 Å². The Kier molecular flexibility index (Phi) is 4.00. The second kappa shape index (κ2) is 6.20. The molecular weight excluding hydrogens is 386 g/mol. The first-order valence-corrected chi connectivity index (χ1v) is 10.5. The lowest BCUT2D eigenvalue weighted by Gasteiger charge is -2.43. The molecule has 2 N–H and O–H groups in total. The molecule has 4 atom stereocenters. The molecule has 4 heterocycles. The van der Waals surface area contributed by atoms with Gasteiger partial charge in [0.1, 0.15) is 17.8 Å². The molecule has 0 unspecified atom stereocenters. The molecule has 0 bridgehead atoms. The van der Waals surface area contributed by atoms with Crippen LogP contribution >= 0.6 is 0 Å². The number of hydrogen-bond donors (Lipinski definition) is 2. The number of carbonyl (C=O) groups excluding carboxylic acids is 3. The number of benzene rings is 1. The minimum absolute atomic E-state index is 0.0792. The topological polar surface area (TPSA) is 99.2 Å². The zero-order chi connectivity index (χ0) is 21.4. The maximum Gasteiger partial charge on any atom is 0.246 e. The highest BCUT2D eigenvalue weighted by molar-refractivity contribution is 6.10. The summed E-state index contributed by atoms with van der Waals surface area (Å²) in [4.78, 5) is 43.6. The number of amides is 3. The van der Waals surface area contributed by atoms with Crippen molar-refractivity contribution in [1.29, 1.82) is 0 Å². The van der Waals surface area contributed by atoms with Gasteiger partial charge in [0.05, 0.1) is 24.2 Å². The summed E-state index contributed by atoms with van der Waals surface area (Å²) in [5.41, 5.74) is -0.784. The van der Waals surface area contributed by atoms with Gasteiger partial charge in [-0.1, -0.05) is 6.07 Å². The number of piperazine rings is 1. The van der Waals surface area contributed by atoms with Gasteiger partial charge in [0.2, 0.25) is 17.7 Å². The van der Waals surface area contributed by atoms with E-state index in [-0.39, 0.29) is 30.6 Å². The molecule has 0 aliphatic carbocycles. The molecule has 4 aliphatic rings. The summed E-state index contributed by atoms with van der Waals surface area (Å²) in [6.45, 7) is 3.94. The van der Waals surface area contributed by atoms with Crippen molar-refractivity contribution in [2.75, 3.05) is 19.0 Å². The van der Waals surface area contributed by atoms with Crippen LogP contribution in [0.4, 0.5) is 5.69 Å². The van der Waals surface area contributed by atoms with Crippen molar-refractivity contribution >= 4 is 23.4 Å². The maximum absolute atomic E-state index is 13.5. The monoisotopic (exact) mass is 413 g/mol. The minimum atomic E-state index is -1.11. The number of ether oxygens (including phenoxy) is 1. The maximum atomic E-state index is 13.5. The molecule has 160 valence electrons. The Hall–Kier alpha value is -2.61. The number of rotatable bonds is 3. The quantitative estimate of drug-likeness (QED) is 0.771. The predicted molar refractivity (Wildman–Crippen MR) is 108 cm³/mol. The Labute approximate surface area is 175 Å². The molecule has 1 aromatic carbocycles. The highest BCUT2D eigenvalue weighted by atomic mass is 16.5. The van der Waals surface area contributed by atoms with Crippen LogP contribution in [0.3, 0.4) is 0 Å². The molecule has 8 nitrogen and oxygen atoms in total. The fraction of sp³-hybridized carbons (Fsp3) is 0.591. The summed E-state index contributed by atoms with van der Waals surface area (Å²) in [6, 6.07) is 3.67. The van der Waals surface area contributed by atoms with Crippen LogP contribution in [-0.2, 0) is 19.8 Å². The molecule has 3 amide bonds. The average Bonchev–Trinajstić information content (AvgIpc) is 3.36. The van der Waals surface area contributed by atoms with Crippen molar-refractivity contribution in [1.82, 2.24) is 9.80 Å². The summed E-state index contributed by atoms with van der Waals surface area (Å²) in [6.07, 6.45) is 1.89. The standard InChI is InChI=1S/C22H27N3O5/c1-21(2,29)11-17-22(13-7-6-12(30-3)9-14(13)23-20(22)28)10-16-18(26)24-8-4-5-15(24)19(27)25(16)17/h6-7,9,15-17,29H,4-5,8,10-11H2,1-3H3,(H,23,28)/t15-,16-,17-,22+/m0/s1. The van der Waals surface area contributed by atoms with Gasteiger partial charge in [0.25, 0.3) is 0 Å². The lowest BCUT2D eigenvalue weighted by Crippen LogP contribution is -2.63. The summed E-state index contributed by atoms with van der Waals surface area (Å²) < 4.78 is 5.30. The molecule has 0 aromatic heterocycles. The molecule has 3 saturated heterocycles. The first-order chi connectivity index (χ1) is 14.2. The molecule has 5 rings (SSSR count). The Morgan fingerprint density at radius 2 is 2.00 bits per heavy atom. The van der Waals surface area contributed by atoms with Crippen molar-refractivity contribution in [2.24, 2.45) is 0 Å². The van der Waals surface area contributed by atoms with Crippen LogP contribution in [0.25, 0.3) is 0 Å². The summed E-state index contributed by atoms with van der Waals surface area (Å²) in [7, 11) is 1.56. The van der Waals surface area contributed by atoms with E-state index in [9.17, 15) is 19.5 Å². The lowest BCUT2D eigenvalue weighted by atomic mass is 9.71. The summed E-state index contributed by atoms with van der Waals surface area (Å²) >= 11 is 0. The van der Waals surface area contributed by atoms with E-state index < -0.39 is 29.1 Å². The second-order valence-corrected chi connectivity index (χ2v) is 9.52. The number of fused-ring (bicyclic) bond motifs is 4. The van der Waals surface area contributed by atoms with Crippen molar-refractivity contribution in [3.05, 3.63) is 23.8 Å². The van der Waals surface area contributed by atoms with Gasteiger partial charge in [-0.2, -0.15) is 0 Å². The van der Waals surface area contributed by atoms with Gasteiger partial charge in [-0.25, -0.2) is 0 Å². The van der Waals surface area contributed by atoms with E-state index in [1.54, 1.807) is 42.9 Å². The number of anilines is 1. The molecule has 8 heteroatoms. The van der Waals surface area contributed by atoms with Crippen LogP contribution in [0.1, 0.15) is 45.1 Å². The predicted octanol–water partition coefficient (Wildman–Crippen LogP) is 1.02. The van der Waals surface area contributed by atoms with E-state index in [1.165, 1.54) is 0 Å². The fourth-order valence-corrected chi connectivity index (χ4v) is 5.94. The van der Waals surface area contributed by atoms with Gasteiger partial charge in [-0.15, -0.1) is 0 Å². The lowest BCUT2D eigenvalue weighted by molar-refractivity contribution is -0.160. The van der Waals surface area contributed by atoms with Crippen molar-refractivity contribution in [3.8, 4) is 5.75 Å². The highest BCUT2D eigenvalue weighted by Crippen LogP contribution is 2.54. The van der Waals surface area contributed by atoms with Gasteiger partial charge in [0.15, 0.2) is 0 Å². The smallest absolute Gasteiger partial charge is 0.246 e. The van der Waals surface area contributed by atoms with Crippen LogP contribution < -0.4 is 10.1 Å². The fourth-order valence-electron chi connectivity index (χ4n) is 5.94. The first-order valence-electron chi connectivity index (χ1n) is 10.5. The highest BCUT2D eigenvalue weighted by Gasteiger charge is 2.67. The molecule has 1 spiro atoms. The third kappa shape index (κ3) is 2.46. The van der Waals surface area contributed by atoms with Gasteiger partial charge in [-0.05, 0) is 51.2 Å². The van der Waals surface area contributed by atoms with Crippen LogP contribution in [-0.4, -0.2) is 70.0 Å². The third-order valence-electron chi connectivity index (χ3n) is 7.17. The zero-order valence-corrected chi connectivity index (χ0v) is 17.5.